The molecule has 0 aliphatic heterocycles. The van der Waals surface area contributed by atoms with Crippen LogP contribution < -0.4 is 9.47 Å². The summed E-state index contributed by atoms with van der Waals surface area (Å²) in [5.41, 5.74) is 2.52. The summed E-state index contributed by atoms with van der Waals surface area (Å²) in [6.07, 6.45) is 0.800. The fraction of sp³-hybridized carbons (Fsp3) is 0.316. The molecule has 2 aromatic rings. The van der Waals surface area contributed by atoms with E-state index in [1.165, 1.54) is 0 Å². The van der Waals surface area contributed by atoms with Crippen molar-refractivity contribution in [2.45, 2.75) is 13.3 Å². The molecule has 23 heavy (non-hydrogen) atoms. The quantitative estimate of drug-likeness (QED) is 0.546. The summed E-state index contributed by atoms with van der Waals surface area (Å²) in [6, 6.07) is 13.3. The van der Waals surface area contributed by atoms with Gasteiger partial charge in [0, 0.05) is 25.7 Å². The second-order valence-corrected chi connectivity index (χ2v) is 5.16. The minimum atomic E-state index is 0.0407. The van der Waals surface area contributed by atoms with Crippen LogP contribution >= 0.6 is 0 Å². The lowest BCUT2D eigenvalue weighted by Crippen LogP contribution is -2.03. The van der Waals surface area contributed by atoms with Gasteiger partial charge in [0.25, 0.3) is 0 Å². The summed E-state index contributed by atoms with van der Waals surface area (Å²) in [7, 11) is 3.28. The maximum atomic E-state index is 11.8. The Morgan fingerprint density at radius 2 is 1.78 bits per heavy atom. The first-order valence-electron chi connectivity index (χ1n) is 7.57. The van der Waals surface area contributed by atoms with Crippen molar-refractivity contribution in [1.82, 2.24) is 0 Å². The highest BCUT2D eigenvalue weighted by atomic mass is 16.5. The third-order valence-corrected chi connectivity index (χ3v) is 3.53. The second-order valence-electron chi connectivity index (χ2n) is 5.16. The predicted octanol–water partition coefficient (Wildman–Crippen LogP) is 3.98. The molecular formula is C19H22O4. The van der Waals surface area contributed by atoms with Crippen LogP contribution in [0.25, 0.3) is 11.1 Å². The lowest BCUT2D eigenvalue weighted by atomic mass is 9.97. The minimum Gasteiger partial charge on any atom is -0.493 e. The molecule has 0 N–H and O–H groups in total. The first-order chi connectivity index (χ1) is 11.2. The molecule has 0 spiro atoms. The summed E-state index contributed by atoms with van der Waals surface area (Å²) >= 11 is 0. The lowest BCUT2D eigenvalue weighted by Gasteiger charge is -2.13. The van der Waals surface area contributed by atoms with Crippen molar-refractivity contribution in [1.29, 1.82) is 0 Å². The Bertz CT molecular complexity index is 664. The molecule has 122 valence electrons. The molecule has 0 amide bonds. The Kier molecular flexibility index (Phi) is 6.18. The van der Waals surface area contributed by atoms with Crippen molar-refractivity contribution in [3.63, 3.8) is 0 Å². The van der Waals surface area contributed by atoms with Crippen molar-refractivity contribution < 1.29 is 19.0 Å². The number of rotatable bonds is 8. The summed E-state index contributed by atoms with van der Waals surface area (Å²) in [5.74, 6) is 1.38. The van der Waals surface area contributed by atoms with E-state index in [2.05, 4.69) is 0 Å². The average molecular weight is 314 g/mol. The predicted molar refractivity (Wildman–Crippen MR) is 90.4 cm³/mol. The number of Topliss-reactive ketones (excluding diaryl/α,β-unsaturated/α-hetero) is 1. The van der Waals surface area contributed by atoms with Crippen LogP contribution in [0.5, 0.6) is 11.5 Å². The monoisotopic (exact) mass is 314 g/mol. The van der Waals surface area contributed by atoms with Crippen LogP contribution in [0.2, 0.25) is 0 Å². The highest BCUT2D eigenvalue weighted by Crippen LogP contribution is 2.34. The molecule has 0 bridgehead atoms. The number of methoxy groups -OCH3 is 2. The summed E-state index contributed by atoms with van der Waals surface area (Å²) < 4.78 is 16.2. The SMILES string of the molecule is COCCCOc1cc(-c2ccccc2C(C)=O)ccc1OC. The molecule has 0 saturated carbocycles. The smallest absolute Gasteiger partial charge is 0.161 e. The molecule has 0 aromatic heterocycles. The zero-order valence-electron chi connectivity index (χ0n) is 13.8. The molecule has 0 heterocycles. The van der Waals surface area contributed by atoms with Crippen LogP contribution in [0.15, 0.2) is 42.5 Å². The van der Waals surface area contributed by atoms with Gasteiger partial charge in [-0.05, 0) is 30.2 Å². The van der Waals surface area contributed by atoms with Gasteiger partial charge in [-0.3, -0.25) is 4.79 Å². The van der Waals surface area contributed by atoms with Crippen LogP contribution in [0.4, 0.5) is 0 Å². The number of benzene rings is 2. The number of hydrogen-bond donors (Lipinski definition) is 0. The van der Waals surface area contributed by atoms with Crippen LogP contribution in [-0.4, -0.2) is 33.2 Å². The van der Waals surface area contributed by atoms with E-state index in [-0.39, 0.29) is 5.78 Å². The zero-order chi connectivity index (χ0) is 16.7. The van der Waals surface area contributed by atoms with Crippen LogP contribution in [0.3, 0.4) is 0 Å². The van der Waals surface area contributed by atoms with Gasteiger partial charge in [-0.25, -0.2) is 0 Å². The number of hydrogen-bond acceptors (Lipinski definition) is 4. The number of carbonyl (C=O) groups is 1. The van der Waals surface area contributed by atoms with Crippen LogP contribution in [-0.2, 0) is 4.74 Å². The van der Waals surface area contributed by atoms with Gasteiger partial charge in [-0.15, -0.1) is 0 Å². The van der Waals surface area contributed by atoms with Crippen molar-refractivity contribution in [2.24, 2.45) is 0 Å². The van der Waals surface area contributed by atoms with Crippen LogP contribution in [0, 0.1) is 0 Å². The van der Waals surface area contributed by atoms with E-state index in [1.54, 1.807) is 21.1 Å². The molecule has 0 radical (unpaired) electrons. The molecular weight excluding hydrogens is 292 g/mol. The molecule has 4 heteroatoms. The Labute approximate surface area is 137 Å². The number of ether oxygens (including phenoxy) is 3. The third-order valence-electron chi connectivity index (χ3n) is 3.53. The van der Waals surface area contributed by atoms with Crippen molar-refractivity contribution >= 4 is 5.78 Å². The summed E-state index contributed by atoms with van der Waals surface area (Å²) in [6.45, 7) is 2.77. The topological polar surface area (TPSA) is 44.8 Å². The van der Waals surface area contributed by atoms with E-state index in [9.17, 15) is 4.79 Å². The van der Waals surface area contributed by atoms with Gasteiger partial charge in [-0.2, -0.15) is 0 Å². The van der Waals surface area contributed by atoms with E-state index in [0.717, 1.165) is 17.5 Å². The summed E-state index contributed by atoms with van der Waals surface area (Å²) in [5, 5.41) is 0. The highest BCUT2D eigenvalue weighted by molar-refractivity contribution is 6.00. The van der Waals surface area contributed by atoms with E-state index >= 15 is 0 Å². The Morgan fingerprint density at radius 3 is 2.48 bits per heavy atom. The van der Waals surface area contributed by atoms with E-state index < -0.39 is 0 Å². The summed E-state index contributed by atoms with van der Waals surface area (Å²) in [4.78, 5) is 11.8. The van der Waals surface area contributed by atoms with Gasteiger partial charge in [0.1, 0.15) is 0 Å². The Morgan fingerprint density at radius 1 is 1.00 bits per heavy atom. The first-order valence-corrected chi connectivity index (χ1v) is 7.57. The van der Waals surface area contributed by atoms with Gasteiger partial charge in [0.2, 0.25) is 0 Å². The number of ketones is 1. The van der Waals surface area contributed by atoms with Gasteiger partial charge in [0.05, 0.1) is 13.7 Å². The normalized spacial score (nSPS) is 10.4. The minimum absolute atomic E-state index is 0.0407. The molecule has 0 atom stereocenters. The largest absolute Gasteiger partial charge is 0.493 e. The van der Waals surface area contributed by atoms with Gasteiger partial charge < -0.3 is 14.2 Å². The molecule has 0 aliphatic carbocycles. The molecule has 2 aromatic carbocycles. The molecule has 0 fully saturated rings. The van der Waals surface area contributed by atoms with Crippen molar-refractivity contribution in [3.8, 4) is 22.6 Å². The Balaban J connectivity index is 2.32. The maximum Gasteiger partial charge on any atom is 0.161 e. The lowest BCUT2D eigenvalue weighted by molar-refractivity contribution is 0.101. The van der Waals surface area contributed by atoms with Crippen molar-refractivity contribution in [3.05, 3.63) is 48.0 Å². The molecule has 0 aliphatic rings. The van der Waals surface area contributed by atoms with Crippen molar-refractivity contribution in [2.75, 3.05) is 27.4 Å². The van der Waals surface area contributed by atoms with E-state index in [0.29, 0.717) is 30.3 Å². The zero-order valence-corrected chi connectivity index (χ0v) is 13.8. The molecule has 0 saturated heterocycles. The van der Waals surface area contributed by atoms with Gasteiger partial charge in [-0.1, -0.05) is 30.3 Å². The highest BCUT2D eigenvalue weighted by Gasteiger charge is 2.12. The van der Waals surface area contributed by atoms with E-state index in [1.807, 2.05) is 42.5 Å². The van der Waals surface area contributed by atoms with E-state index in [4.69, 9.17) is 14.2 Å². The van der Waals surface area contributed by atoms with Crippen LogP contribution in [0.1, 0.15) is 23.7 Å². The fourth-order valence-electron chi connectivity index (χ4n) is 2.38. The molecule has 4 nitrogen and oxygen atoms in total. The third kappa shape index (κ3) is 4.33. The average Bonchev–Trinajstić information content (AvgIpc) is 2.58. The standard InChI is InChI=1S/C19H22O4/c1-14(20)16-7-4-5-8-17(16)15-9-10-18(22-3)19(13-15)23-12-6-11-21-2/h4-5,7-10,13H,6,11-12H2,1-3H3. The second kappa shape index (κ2) is 8.34. The Hall–Kier alpha value is -2.33. The maximum absolute atomic E-state index is 11.8. The van der Waals surface area contributed by atoms with Gasteiger partial charge >= 0.3 is 0 Å². The molecule has 2 rings (SSSR count). The fourth-order valence-corrected chi connectivity index (χ4v) is 2.38. The molecule has 0 unspecified atom stereocenters. The number of carbonyl (C=O) groups excluding carboxylic acids is 1. The van der Waals surface area contributed by atoms with Gasteiger partial charge in [0.15, 0.2) is 17.3 Å². The first kappa shape index (κ1) is 17.0.